The zero-order valence-corrected chi connectivity index (χ0v) is 16.8. The summed E-state index contributed by atoms with van der Waals surface area (Å²) in [5, 5.41) is 8.44. The van der Waals surface area contributed by atoms with Crippen molar-refractivity contribution in [2.75, 3.05) is 6.54 Å². The molecular weight excluding hydrogens is 358 g/mol. The van der Waals surface area contributed by atoms with Gasteiger partial charge in [-0.05, 0) is 32.0 Å². The first kappa shape index (κ1) is 19.0. The number of nitrogens with zero attached hydrogens (tertiary/aromatic N) is 4. The van der Waals surface area contributed by atoms with Gasteiger partial charge in [0.15, 0.2) is 0 Å². The molecule has 0 aliphatic carbocycles. The summed E-state index contributed by atoms with van der Waals surface area (Å²) in [6.45, 7) is 5.79. The normalized spacial score (nSPS) is 11.0. The van der Waals surface area contributed by atoms with Crippen LogP contribution in [0.2, 0.25) is 0 Å². The molecule has 0 atom stereocenters. The van der Waals surface area contributed by atoms with Crippen molar-refractivity contribution in [1.29, 1.82) is 0 Å². The molecule has 0 unspecified atom stereocenters. The number of hydrogen-bond acceptors (Lipinski definition) is 4. The molecule has 0 bridgehead atoms. The van der Waals surface area contributed by atoms with E-state index in [2.05, 4.69) is 83.9 Å². The van der Waals surface area contributed by atoms with Crippen LogP contribution >= 0.6 is 0 Å². The quantitative estimate of drug-likeness (QED) is 0.484. The Balaban J connectivity index is 1.56. The maximum atomic E-state index is 4.91. The number of nitrogens with one attached hydrogen (secondary N) is 1. The van der Waals surface area contributed by atoms with Crippen LogP contribution < -0.4 is 5.32 Å². The van der Waals surface area contributed by atoms with Gasteiger partial charge in [0.2, 0.25) is 0 Å². The third-order valence-electron chi connectivity index (χ3n) is 4.87. The van der Waals surface area contributed by atoms with Crippen LogP contribution in [-0.4, -0.2) is 26.3 Å². The Hall–Kier alpha value is -3.31. The molecule has 2 aromatic carbocycles. The second kappa shape index (κ2) is 8.80. The minimum absolute atomic E-state index is 0.745. The lowest BCUT2D eigenvalue weighted by Crippen LogP contribution is -2.17. The molecule has 1 N–H and O–H groups in total. The summed E-state index contributed by atoms with van der Waals surface area (Å²) in [4.78, 5) is 8.45. The second-order valence-corrected chi connectivity index (χ2v) is 7.28. The van der Waals surface area contributed by atoms with Crippen molar-refractivity contribution in [3.63, 3.8) is 0 Å². The average molecular weight is 383 g/mol. The maximum Gasteiger partial charge on any atom is 0.0972 e. The van der Waals surface area contributed by atoms with Crippen molar-refractivity contribution < 1.29 is 0 Å². The van der Waals surface area contributed by atoms with Crippen LogP contribution in [0.3, 0.4) is 0 Å². The number of aromatic nitrogens is 4. The van der Waals surface area contributed by atoms with E-state index in [9.17, 15) is 0 Å². The Bertz CT molecular complexity index is 1070. The standard InChI is InChI=1S/C24H25N5/c1-18-6-8-23(9-7-18)29-17-21(15-25-11-10-22-16-26-12-13-27-22)24(28-29)20-5-3-4-19(2)14-20/h3-9,12-14,16-17,25H,10-11,15H2,1-2H3. The first-order valence-corrected chi connectivity index (χ1v) is 9.87. The highest BCUT2D eigenvalue weighted by Crippen LogP contribution is 2.24. The first-order valence-electron chi connectivity index (χ1n) is 9.87. The van der Waals surface area contributed by atoms with E-state index >= 15 is 0 Å². The van der Waals surface area contributed by atoms with Gasteiger partial charge in [0.1, 0.15) is 0 Å². The molecule has 5 heteroatoms. The fourth-order valence-corrected chi connectivity index (χ4v) is 3.30. The Kier molecular flexibility index (Phi) is 5.77. The Morgan fingerprint density at radius 1 is 0.966 bits per heavy atom. The van der Waals surface area contributed by atoms with Gasteiger partial charge in [-0.1, -0.05) is 41.5 Å². The monoisotopic (exact) mass is 383 g/mol. The highest BCUT2D eigenvalue weighted by Gasteiger charge is 2.12. The van der Waals surface area contributed by atoms with E-state index in [1.807, 2.05) is 10.9 Å². The predicted molar refractivity (Wildman–Crippen MR) is 116 cm³/mol. The molecule has 0 saturated carbocycles. The van der Waals surface area contributed by atoms with Gasteiger partial charge in [0.25, 0.3) is 0 Å². The lowest BCUT2D eigenvalue weighted by Gasteiger charge is -2.06. The summed E-state index contributed by atoms with van der Waals surface area (Å²) in [7, 11) is 0. The Morgan fingerprint density at radius 3 is 2.59 bits per heavy atom. The fraction of sp³-hybridized carbons (Fsp3) is 0.208. The smallest absolute Gasteiger partial charge is 0.0972 e. The van der Waals surface area contributed by atoms with Gasteiger partial charge in [-0.15, -0.1) is 0 Å². The van der Waals surface area contributed by atoms with Gasteiger partial charge < -0.3 is 5.32 Å². The van der Waals surface area contributed by atoms with E-state index in [1.54, 1.807) is 12.4 Å². The van der Waals surface area contributed by atoms with Crippen LogP contribution in [0, 0.1) is 13.8 Å². The molecule has 0 fully saturated rings. The molecule has 5 nitrogen and oxygen atoms in total. The average Bonchev–Trinajstić information content (AvgIpc) is 3.17. The summed E-state index contributed by atoms with van der Waals surface area (Å²) >= 11 is 0. The van der Waals surface area contributed by atoms with Crippen LogP contribution in [0.4, 0.5) is 0 Å². The lowest BCUT2D eigenvalue weighted by molar-refractivity contribution is 0.679. The Labute approximate surface area is 171 Å². The van der Waals surface area contributed by atoms with Crippen molar-refractivity contribution in [2.24, 2.45) is 0 Å². The lowest BCUT2D eigenvalue weighted by atomic mass is 10.1. The highest BCUT2D eigenvalue weighted by atomic mass is 15.3. The molecule has 0 radical (unpaired) electrons. The molecule has 0 amide bonds. The third kappa shape index (κ3) is 4.76. The zero-order chi connectivity index (χ0) is 20.1. The van der Waals surface area contributed by atoms with Crippen molar-refractivity contribution in [3.05, 3.63) is 95.7 Å². The summed E-state index contributed by atoms with van der Waals surface area (Å²) in [5.74, 6) is 0. The minimum Gasteiger partial charge on any atom is -0.312 e. The van der Waals surface area contributed by atoms with Crippen molar-refractivity contribution in [3.8, 4) is 16.9 Å². The van der Waals surface area contributed by atoms with E-state index in [1.165, 1.54) is 16.7 Å². The number of benzene rings is 2. The van der Waals surface area contributed by atoms with E-state index < -0.39 is 0 Å². The van der Waals surface area contributed by atoms with E-state index in [0.717, 1.165) is 42.1 Å². The van der Waals surface area contributed by atoms with Gasteiger partial charge in [0.05, 0.1) is 17.1 Å². The van der Waals surface area contributed by atoms with Crippen LogP contribution in [0.25, 0.3) is 16.9 Å². The van der Waals surface area contributed by atoms with Gasteiger partial charge in [-0.2, -0.15) is 5.10 Å². The van der Waals surface area contributed by atoms with E-state index in [0.29, 0.717) is 0 Å². The highest BCUT2D eigenvalue weighted by molar-refractivity contribution is 5.64. The maximum absolute atomic E-state index is 4.91. The molecule has 146 valence electrons. The molecule has 2 aromatic heterocycles. The molecule has 0 aliphatic heterocycles. The molecular formula is C24H25N5. The fourth-order valence-electron chi connectivity index (χ4n) is 3.30. The molecule has 0 aliphatic rings. The molecule has 0 spiro atoms. The first-order chi connectivity index (χ1) is 14.2. The summed E-state index contributed by atoms with van der Waals surface area (Å²) < 4.78 is 1.97. The van der Waals surface area contributed by atoms with Gasteiger partial charge in [-0.25, -0.2) is 4.68 Å². The number of hydrogen-bond donors (Lipinski definition) is 1. The predicted octanol–water partition coefficient (Wildman–Crippen LogP) is 4.28. The number of aryl methyl sites for hydroxylation is 2. The molecule has 29 heavy (non-hydrogen) atoms. The number of rotatable bonds is 7. The van der Waals surface area contributed by atoms with Crippen LogP contribution in [0.15, 0.2) is 73.3 Å². The second-order valence-electron chi connectivity index (χ2n) is 7.28. The van der Waals surface area contributed by atoms with E-state index in [4.69, 9.17) is 5.10 Å². The topological polar surface area (TPSA) is 55.6 Å². The molecule has 2 heterocycles. The molecule has 0 saturated heterocycles. The van der Waals surface area contributed by atoms with Crippen LogP contribution in [0.1, 0.15) is 22.4 Å². The SMILES string of the molecule is Cc1ccc(-n2cc(CNCCc3cnccn3)c(-c3cccc(C)c3)n2)cc1. The van der Waals surface area contributed by atoms with Gasteiger partial charge in [-0.3, -0.25) is 9.97 Å². The summed E-state index contributed by atoms with van der Waals surface area (Å²) in [6.07, 6.45) is 8.22. The van der Waals surface area contributed by atoms with Crippen molar-refractivity contribution >= 4 is 0 Å². The third-order valence-corrected chi connectivity index (χ3v) is 4.87. The summed E-state index contributed by atoms with van der Waals surface area (Å²) in [5.41, 5.74) is 7.86. The van der Waals surface area contributed by atoms with Crippen molar-refractivity contribution in [2.45, 2.75) is 26.8 Å². The van der Waals surface area contributed by atoms with Crippen LogP contribution in [-0.2, 0) is 13.0 Å². The minimum atomic E-state index is 0.745. The van der Waals surface area contributed by atoms with Crippen molar-refractivity contribution in [1.82, 2.24) is 25.1 Å². The summed E-state index contributed by atoms with van der Waals surface area (Å²) in [6, 6.07) is 16.9. The molecule has 4 rings (SSSR count). The van der Waals surface area contributed by atoms with E-state index in [-0.39, 0.29) is 0 Å². The Morgan fingerprint density at radius 2 is 1.83 bits per heavy atom. The van der Waals surface area contributed by atoms with Crippen LogP contribution in [0.5, 0.6) is 0 Å². The molecule has 4 aromatic rings. The zero-order valence-electron chi connectivity index (χ0n) is 16.8. The largest absolute Gasteiger partial charge is 0.312 e. The van der Waals surface area contributed by atoms with Gasteiger partial charge >= 0.3 is 0 Å². The van der Waals surface area contributed by atoms with Gasteiger partial charge in [0, 0.05) is 55.4 Å².